The standard InChI is InChI=1S/C29H33ClN2O3/c1-4-22(3)31-29(34)27(18-23-12-6-5-7-13-23)32(19-24-14-8-9-16-26(24)30)28(33)20-35-25-15-10-11-21(2)17-25/h5-17,22,27H,4,18-20H2,1-3H3,(H,31,34)/t22-,27+/m1/s1. The van der Waals surface area contributed by atoms with Crippen molar-refractivity contribution in [3.05, 3.63) is 101 Å². The van der Waals surface area contributed by atoms with Gasteiger partial charge in [-0.2, -0.15) is 0 Å². The molecule has 1 N–H and O–H groups in total. The Morgan fingerprint density at radius 1 is 1.00 bits per heavy atom. The van der Waals surface area contributed by atoms with Crippen LogP contribution in [0.25, 0.3) is 0 Å². The van der Waals surface area contributed by atoms with Gasteiger partial charge in [-0.15, -0.1) is 0 Å². The highest BCUT2D eigenvalue weighted by atomic mass is 35.5. The molecule has 2 atom stereocenters. The van der Waals surface area contributed by atoms with Crippen molar-refractivity contribution in [3.8, 4) is 5.75 Å². The minimum Gasteiger partial charge on any atom is -0.484 e. The molecule has 0 aliphatic rings. The smallest absolute Gasteiger partial charge is 0.261 e. The van der Waals surface area contributed by atoms with E-state index in [0.29, 0.717) is 17.2 Å². The lowest BCUT2D eigenvalue weighted by Gasteiger charge is -2.32. The molecule has 0 spiro atoms. The Hall–Kier alpha value is -3.31. The first kappa shape index (κ1) is 26.3. The summed E-state index contributed by atoms with van der Waals surface area (Å²) in [5.41, 5.74) is 2.78. The highest BCUT2D eigenvalue weighted by Crippen LogP contribution is 2.21. The van der Waals surface area contributed by atoms with Crippen LogP contribution in [0, 0.1) is 6.92 Å². The van der Waals surface area contributed by atoms with E-state index in [2.05, 4.69) is 5.32 Å². The minimum atomic E-state index is -0.726. The Bertz CT molecular complexity index is 1120. The second-order valence-corrected chi connectivity index (χ2v) is 9.15. The maximum absolute atomic E-state index is 13.6. The zero-order valence-corrected chi connectivity index (χ0v) is 21.3. The maximum atomic E-state index is 13.6. The van der Waals surface area contributed by atoms with E-state index >= 15 is 0 Å². The molecule has 3 rings (SSSR count). The van der Waals surface area contributed by atoms with Crippen molar-refractivity contribution in [1.29, 1.82) is 0 Å². The van der Waals surface area contributed by atoms with Crippen molar-refractivity contribution >= 4 is 23.4 Å². The van der Waals surface area contributed by atoms with Gasteiger partial charge in [-0.25, -0.2) is 0 Å². The van der Waals surface area contributed by atoms with Crippen LogP contribution in [0.4, 0.5) is 0 Å². The van der Waals surface area contributed by atoms with Crippen LogP contribution in [0.1, 0.15) is 37.0 Å². The van der Waals surface area contributed by atoms with Gasteiger partial charge >= 0.3 is 0 Å². The van der Waals surface area contributed by atoms with Gasteiger partial charge in [-0.1, -0.05) is 79.2 Å². The lowest BCUT2D eigenvalue weighted by Crippen LogP contribution is -2.53. The van der Waals surface area contributed by atoms with Gasteiger partial charge in [0.15, 0.2) is 6.61 Å². The molecule has 5 nitrogen and oxygen atoms in total. The van der Waals surface area contributed by atoms with Gasteiger partial charge in [-0.05, 0) is 55.2 Å². The number of carbonyl (C=O) groups is 2. The number of nitrogens with one attached hydrogen (secondary N) is 1. The van der Waals surface area contributed by atoms with Crippen LogP contribution in [0.3, 0.4) is 0 Å². The van der Waals surface area contributed by atoms with Crippen LogP contribution in [-0.2, 0) is 22.6 Å². The van der Waals surface area contributed by atoms with Crippen LogP contribution in [-0.4, -0.2) is 35.4 Å². The Kier molecular flexibility index (Phi) is 9.74. The third-order valence-electron chi connectivity index (χ3n) is 5.92. The van der Waals surface area contributed by atoms with Crippen LogP contribution in [0.5, 0.6) is 5.75 Å². The zero-order chi connectivity index (χ0) is 25.2. The molecule has 3 aromatic rings. The van der Waals surface area contributed by atoms with E-state index in [1.807, 2.05) is 93.6 Å². The summed E-state index contributed by atoms with van der Waals surface area (Å²) in [4.78, 5) is 28.6. The fourth-order valence-corrected chi connectivity index (χ4v) is 3.93. The van der Waals surface area contributed by atoms with Gasteiger partial charge in [0.25, 0.3) is 5.91 Å². The van der Waals surface area contributed by atoms with Crippen molar-refractivity contribution in [2.45, 2.75) is 52.2 Å². The molecule has 3 aromatic carbocycles. The molecular weight excluding hydrogens is 460 g/mol. The summed E-state index contributed by atoms with van der Waals surface area (Å²) >= 11 is 6.44. The van der Waals surface area contributed by atoms with Crippen molar-refractivity contribution in [3.63, 3.8) is 0 Å². The summed E-state index contributed by atoms with van der Waals surface area (Å²) in [5.74, 6) is 0.130. The molecule has 0 aliphatic carbocycles. The molecule has 184 valence electrons. The van der Waals surface area contributed by atoms with Crippen molar-refractivity contribution in [2.24, 2.45) is 0 Å². The molecule has 0 radical (unpaired) electrons. The third-order valence-corrected chi connectivity index (χ3v) is 6.29. The first-order valence-electron chi connectivity index (χ1n) is 11.9. The molecule has 0 saturated heterocycles. The SMILES string of the molecule is CC[C@@H](C)NC(=O)[C@H](Cc1ccccc1)N(Cc1ccccc1Cl)C(=O)COc1cccc(C)c1. The van der Waals surface area contributed by atoms with E-state index < -0.39 is 6.04 Å². The van der Waals surface area contributed by atoms with Gasteiger partial charge in [0.1, 0.15) is 11.8 Å². The second kappa shape index (κ2) is 13.0. The molecular formula is C29H33ClN2O3. The number of nitrogens with zero attached hydrogens (tertiary/aromatic N) is 1. The van der Waals surface area contributed by atoms with Crippen molar-refractivity contribution < 1.29 is 14.3 Å². The number of carbonyl (C=O) groups excluding carboxylic acids is 2. The lowest BCUT2D eigenvalue weighted by atomic mass is 10.0. The summed E-state index contributed by atoms with van der Waals surface area (Å²) in [5, 5.41) is 3.61. The van der Waals surface area contributed by atoms with Crippen molar-refractivity contribution in [1.82, 2.24) is 10.2 Å². The molecule has 0 aliphatic heterocycles. The van der Waals surface area contributed by atoms with Gasteiger partial charge in [0.2, 0.25) is 5.91 Å². The molecule has 0 unspecified atom stereocenters. The molecule has 0 bridgehead atoms. The number of hydrogen-bond acceptors (Lipinski definition) is 3. The number of rotatable bonds is 11. The summed E-state index contributed by atoms with van der Waals surface area (Å²) in [6, 6.07) is 23.9. The molecule has 0 saturated carbocycles. The van der Waals surface area contributed by atoms with Gasteiger partial charge in [-0.3, -0.25) is 9.59 Å². The number of aryl methyl sites for hydroxylation is 1. The number of benzene rings is 3. The van der Waals surface area contributed by atoms with E-state index in [1.165, 1.54) is 0 Å². The number of amides is 2. The number of halogens is 1. The molecule has 0 fully saturated rings. The van der Waals surface area contributed by atoms with Crippen LogP contribution in [0.15, 0.2) is 78.9 Å². The Balaban J connectivity index is 1.92. The average molecular weight is 493 g/mol. The van der Waals surface area contributed by atoms with E-state index in [0.717, 1.165) is 23.1 Å². The third kappa shape index (κ3) is 7.86. The minimum absolute atomic E-state index is 0.0124. The average Bonchev–Trinajstić information content (AvgIpc) is 2.86. The quantitative estimate of drug-likeness (QED) is 0.380. The normalized spacial score (nSPS) is 12.5. The van der Waals surface area contributed by atoms with Gasteiger partial charge in [0.05, 0.1) is 0 Å². The fraction of sp³-hybridized carbons (Fsp3) is 0.310. The summed E-state index contributed by atoms with van der Waals surface area (Å²) < 4.78 is 5.82. The van der Waals surface area contributed by atoms with Crippen LogP contribution >= 0.6 is 11.6 Å². The van der Waals surface area contributed by atoms with Crippen LogP contribution < -0.4 is 10.1 Å². The topological polar surface area (TPSA) is 58.6 Å². The van der Waals surface area contributed by atoms with E-state index in [9.17, 15) is 9.59 Å². The maximum Gasteiger partial charge on any atom is 0.261 e. The van der Waals surface area contributed by atoms with Crippen LogP contribution in [0.2, 0.25) is 5.02 Å². The molecule has 35 heavy (non-hydrogen) atoms. The number of hydrogen-bond donors (Lipinski definition) is 1. The lowest BCUT2D eigenvalue weighted by molar-refractivity contribution is -0.143. The largest absolute Gasteiger partial charge is 0.484 e. The van der Waals surface area contributed by atoms with Gasteiger partial charge < -0.3 is 15.0 Å². The highest BCUT2D eigenvalue weighted by Gasteiger charge is 2.31. The monoisotopic (exact) mass is 492 g/mol. The Morgan fingerprint density at radius 3 is 2.40 bits per heavy atom. The molecule has 2 amide bonds. The van der Waals surface area contributed by atoms with E-state index in [-0.39, 0.29) is 31.0 Å². The summed E-state index contributed by atoms with van der Waals surface area (Å²) in [6.45, 7) is 5.95. The van der Waals surface area contributed by atoms with Gasteiger partial charge in [0, 0.05) is 24.0 Å². The zero-order valence-electron chi connectivity index (χ0n) is 20.5. The first-order chi connectivity index (χ1) is 16.9. The molecule has 0 heterocycles. The highest BCUT2D eigenvalue weighted by molar-refractivity contribution is 6.31. The Morgan fingerprint density at radius 2 is 1.71 bits per heavy atom. The van der Waals surface area contributed by atoms with E-state index in [1.54, 1.807) is 11.0 Å². The van der Waals surface area contributed by atoms with Crippen molar-refractivity contribution in [2.75, 3.05) is 6.61 Å². The summed E-state index contributed by atoms with van der Waals surface area (Å²) in [7, 11) is 0. The first-order valence-corrected chi connectivity index (χ1v) is 12.3. The molecule has 6 heteroatoms. The Labute approximate surface area is 213 Å². The molecule has 0 aromatic heterocycles. The predicted octanol–water partition coefficient (Wildman–Crippen LogP) is 5.58. The summed E-state index contributed by atoms with van der Waals surface area (Å²) in [6.07, 6.45) is 1.17. The fourth-order valence-electron chi connectivity index (χ4n) is 3.74. The number of ether oxygens (including phenoxy) is 1. The predicted molar refractivity (Wildman–Crippen MR) is 141 cm³/mol. The second-order valence-electron chi connectivity index (χ2n) is 8.74. The van der Waals surface area contributed by atoms with E-state index in [4.69, 9.17) is 16.3 Å².